The molecule has 128 valence electrons. The Bertz CT molecular complexity index is 673. The largest absolute Gasteiger partial charge is 0.497 e. The SMILES string of the molecule is COC(=O)c1cccc(Cl)c1NCCCOc1ccc(OC)cc1. The molecule has 0 saturated heterocycles. The molecule has 24 heavy (non-hydrogen) atoms. The summed E-state index contributed by atoms with van der Waals surface area (Å²) in [5.41, 5.74) is 0.997. The molecule has 0 aromatic heterocycles. The maximum atomic E-state index is 11.8. The summed E-state index contributed by atoms with van der Waals surface area (Å²) < 4.78 is 15.5. The van der Waals surface area contributed by atoms with Gasteiger partial charge in [0.1, 0.15) is 11.5 Å². The minimum atomic E-state index is -0.422. The fraction of sp³-hybridized carbons (Fsp3) is 0.278. The Morgan fingerprint density at radius 1 is 1.08 bits per heavy atom. The predicted octanol–water partition coefficient (Wildman–Crippen LogP) is 4.02. The van der Waals surface area contributed by atoms with E-state index in [0.29, 0.717) is 29.4 Å². The molecule has 5 nitrogen and oxygen atoms in total. The van der Waals surface area contributed by atoms with Crippen LogP contribution in [0.4, 0.5) is 5.69 Å². The van der Waals surface area contributed by atoms with Gasteiger partial charge in [-0.1, -0.05) is 17.7 Å². The molecule has 0 spiro atoms. The Balaban J connectivity index is 1.83. The van der Waals surface area contributed by atoms with Crippen LogP contribution in [0, 0.1) is 0 Å². The Morgan fingerprint density at radius 3 is 2.46 bits per heavy atom. The van der Waals surface area contributed by atoms with E-state index in [0.717, 1.165) is 17.9 Å². The smallest absolute Gasteiger partial charge is 0.340 e. The number of hydrogen-bond donors (Lipinski definition) is 1. The molecule has 0 saturated carbocycles. The molecule has 0 fully saturated rings. The highest BCUT2D eigenvalue weighted by Crippen LogP contribution is 2.26. The maximum Gasteiger partial charge on any atom is 0.340 e. The van der Waals surface area contributed by atoms with Gasteiger partial charge in [-0.15, -0.1) is 0 Å². The van der Waals surface area contributed by atoms with Gasteiger partial charge < -0.3 is 19.5 Å². The number of methoxy groups -OCH3 is 2. The first kappa shape index (κ1) is 17.9. The van der Waals surface area contributed by atoms with Crippen molar-refractivity contribution in [2.45, 2.75) is 6.42 Å². The Labute approximate surface area is 146 Å². The van der Waals surface area contributed by atoms with E-state index in [1.54, 1.807) is 25.3 Å². The van der Waals surface area contributed by atoms with Crippen LogP contribution in [0.5, 0.6) is 11.5 Å². The lowest BCUT2D eigenvalue weighted by atomic mass is 10.1. The molecule has 0 heterocycles. The van der Waals surface area contributed by atoms with Gasteiger partial charge >= 0.3 is 5.97 Å². The van der Waals surface area contributed by atoms with Crippen LogP contribution in [-0.4, -0.2) is 33.3 Å². The van der Waals surface area contributed by atoms with E-state index in [-0.39, 0.29) is 0 Å². The number of halogens is 1. The number of carbonyl (C=O) groups excluding carboxylic acids is 1. The summed E-state index contributed by atoms with van der Waals surface area (Å²) in [6, 6.07) is 12.5. The number of esters is 1. The van der Waals surface area contributed by atoms with Crippen molar-refractivity contribution in [3.63, 3.8) is 0 Å². The van der Waals surface area contributed by atoms with E-state index < -0.39 is 5.97 Å². The molecule has 0 aliphatic rings. The van der Waals surface area contributed by atoms with Crippen molar-refractivity contribution >= 4 is 23.3 Å². The number of para-hydroxylation sites is 1. The highest BCUT2D eigenvalue weighted by molar-refractivity contribution is 6.34. The third-order valence-corrected chi connectivity index (χ3v) is 3.68. The van der Waals surface area contributed by atoms with Gasteiger partial charge in [0, 0.05) is 6.54 Å². The molecule has 2 aromatic rings. The number of ether oxygens (including phenoxy) is 3. The summed E-state index contributed by atoms with van der Waals surface area (Å²) in [6.07, 6.45) is 0.748. The van der Waals surface area contributed by atoms with Crippen LogP contribution in [0.2, 0.25) is 5.02 Å². The van der Waals surface area contributed by atoms with E-state index in [1.807, 2.05) is 24.3 Å². The fourth-order valence-electron chi connectivity index (χ4n) is 2.13. The molecule has 0 aliphatic heterocycles. The second-order valence-electron chi connectivity index (χ2n) is 4.96. The summed E-state index contributed by atoms with van der Waals surface area (Å²) in [4.78, 5) is 11.8. The molecule has 0 amide bonds. The molecular formula is C18H20ClNO4. The Hall–Kier alpha value is -2.40. The molecule has 0 aliphatic carbocycles. The lowest BCUT2D eigenvalue weighted by Crippen LogP contribution is -2.12. The van der Waals surface area contributed by atoms with Crippen molar-refractivity contribution in [1.82, 2.24) is 0 Å². The van der Waals surface area contributed by atoms with E-state index in [9.17, 15) is 4.79 Å². The molecule has 0 unspecified atom stereocenters. The maximum absolute atomic E-state index is 11.8. The molecule has 6 heteroatoms. The van der Waals surface area contributed by atoms with Crippen molar-refractivity contribution in [3.05, 3.63) is 53.1 Å². The van der Waals surface area contributed by atoms with E-state index in [2.05, 4.69) is 5.32 Å². The molecule has 2 aromatic carbocycles. The van der Waals surface area contributed by atoms with Crippen LogP contribution < -0.4 is 14.8 Å². The van der Waals surface area contributed by atoms with Crippen LogP contribution in [-0.2, 0) is 4.74 Å². The van der Waals surface area contributed by atoms with E-state index in [1.165, 1.54) is 7.11 Å². The second kappa shape index (κ2) is 9.03. The second-order valence-corrected chi connectivity index (χ2v) is 5.37. The lowest BCUT2D eigenvalue weighted by Gasteiger charge is -2.13. The summed E-state index contributed by atoms with van der Waals surface area (Å²) in [7, 11) is 2.97. The highest BCUT2D eigenvalue weighted by atomic mass is 35.5. The van der Waals surface area contributed by atoms with Gasteiger partial charge in [0.05, 0.1) is 37.1 Å². The zero-order valence-electron chi connectivity index (χ0n) is 13.7. The monoisotopic (exact) mass is 349 g/mol. The van der Waals surface area contributed by atoms with Crippen LogP contribution in [0.15, 0.2) is 42.5 Å². The average molecular weight is 350 g/mol. The highest BCUT2D eigenvalue weighted by Gasteiger charge is 2.13. The summed E-state index contributed by atoms with van der Waals surface area (Å²) in [5.74, 6) is 1.15. The first-order valence-electron chi connectivity index (χ1n) is 7.53. The zero-order valence-corrected chi connectivity index (χ0v) is 14.4. The standard InChI is InChI=1S/C18H20ClNO4/c1-22-13-7-9-14(10-8-13)24-12-4-11-20-17-15(18(21)23-2)5-3-6-16(17)19/h3,5-10,20H,4,11-12H2,1-2H3. The van der Waals surface area contributed by atoms with Crippen LogP contribution in [0.25, 0.3) is 0 Å². The topological polar surface area (TPSA) is 56.8 Å². The average Bonchev–Trinajstić information content (AvgIpc) is 2.62. The number of anilines is 1. The van der Waals surface area contributed by atoms with Gasteiger partial charge in [0.15, 0.2) is 0 Å². The summed E-state index contributed by atoms with van der Waals surface area (Å²) in [6.45, 7) is 1.15. The third-order valence-electron chi connectivity index (χ3n) is 3.37. The quantitative estimate of drug-likeness (QED) is 0.576. The van der Waals surface area contributed by atoms with Gasteiger partial charge in [-0.05, 0) is 42.8 Å². The van der Waals surface area contributed by atoms with Gasteiger partial charge in [-0.25, -0.2) is 4.79 Å². The third kappa shape index (κ3) is 4.80. The van der Waals surface area contributed by atoms with Crippen LogP contribution >= 0.6 is 11.6 Å². The number of carbonyl (C=O) groups is 1. The number of nitrogens with one attached hydrogen (secondary N) is 1. The van der Waals surface area contributed by atoms with Crippen molar-refractivity contribution in [3.8, 4) is 11.5 Å². The zero-order chi connectivity index (χ0) is 17.4. The van der Waals surface area contributed by atoms with Crippen molar-refractivity contribution in [2.75, 3.05) is 32.7 Å². The van der Waals surface area contributed by atoms with Gasteiger partial charge in [0.2, 0.25) is 0 Å². The molecule has 0 bridgehead atoms. The van der Waals surface area contributed by atoms with Crippen LogP contribution in [0.3, 0.4) is 0 Å². The minimum Gasteiger partial charge on any atom is -0.497 e. The van der Waals surface area contributed by atoms with Crippen molar-refractivity contribution in [1.29, 1.82) is 0 Å². The first-order valence-corrected chi connectivity index (χ1v) is 7.91. The minimum absolute atomic E-state index is 0.418. The van der Waals surface area contributed by atoms with Gasteiger partial charge in [0.25, 0.3) is 0 Å². The number of rotatable bonds is 8. The van der Waals surface area contributed by atoms with E-state index in [4.69, 9.17) is 25.8 Å². The van der Waals surface area contributed by atoms with Gasteiger partial charge in [-0.3, -0.25) is 0 Å². The normalized spacial score (nSPS) is 10.1. The van der Waals surface area contributed by atoms with E-state index >= 15 is 0 Å². The summed E-state index contributed by atoms with van der Waals surface area (Å²) in [5, 5.41) is 3.65. The Morgan fingerprint density at radius 2 is 1.79 bits per heavy atom. The van der Waals surface area contributed by atoms with Crippen molar-refractivity contribution in [2.24, 2.45) is 0 Å². The fourth-order valence-corrected chi connectivity index (χ4v) is 2.37. The molecular weight excluding hydrogens is 330 g/mol. The first-order chi connectivity index (χ1) is 11.7. The Kier molecular flexibility index (Phi) is 6.75. The molecule has 0 atom stereocenters. The predicted molar refractivity (Wildman–Crippen MR) is 94.4 cm³/mol. The molecule has 0 radical (unpaired) electrons. The van der Waals surface area contributed by atoms with Crippen LogP contribution in [0.1, 0.15) is 16.8 Å². The molecule has 1 N–H and O–H groups in total. The lowest BCUT2D eigenvalue weighted by molar-refractivity contribution is 0.0602. The van der Waals surface area contributed by atoms with Crippen molar-refractivity contribution < 1.29 is 19.0 Å². The number of benzene rings is 2. The number of hydrogen-bond acceptors (Lipinski definition) is 5. The van der Waals surface area contributed by atoms with Gasteiger partial charge in [-0.2, -0.15) is 0 Å². The molecule has 2 rings (SSSR count). The summed E-state index contributed by atoms with van der Waals surface area (Å²) >= 11 is 6.15.